The Kier molecular flexibility index (Phi) is 11.2. The topological polar surface area (TPSA) is 82.6 Å². The summed E-state index contributed by atoms with van der Waals surface area (Å²) in [5, 5.41) is 0. The molecule has 4 rings (SSSR count). The lowest BCUT2D eigenvalue weighted by Gasteiger charge is -2.27. The number of rotatable bonds is 11. The number of nitrogens with zero attached hydrogens (tertiary/aromatic N) is 4. The van der Waals surface area contributed by atoms with Crippen LogP contribution in [0.5, 0.6) is 5.75 Å². The second kappa shape index (κ2) is 15.0. The molecule has 3 amide bonds. The fourth-order valence-corrected chi connectivity index (χ4v) is 5.51. The smallest absolute Gasteiger partial charge is 0.254 e. The summed E-state index contributed by atoms with van der Waals surface area (Å²) in [5.74, 6) is 0.273. The molecule has 0 saturated carbocycles. The summed E-state index contributed by atoms with van der Waals surface area (Å²) in [6.45, 7) is 8.92. The molecule has 2 saturated heterocycles. The Bertz CT molecular complexity index is 1140. The Labute approximate surface area is 244 Å². The summed E-state index contributed by atoms with van der Waals surface area (Å²) in [7, 11) is 1.61. The lowest BCUT2D eigenvalue weighted by atomic mass is 10.1. The molecular weight excluding hydrogens is 520 g/mol. The summed E-state index contributed by atoms with van der Waals surface area (Å²) in [4.78, 5) is 47.1. The van der Waals surface area contributed by atoms with E-state index in [9.17, 15) is 14.4 Å². The van der Waals surface area contributed by atoms with Gasteiger partial charge in [-0.05, 0) is 75.2 Å². The maximum Gasteiger partial charge on any atom is 0.254 e. The van der Waals surface area contributed by atoms with E-state index in [0.29, 0.717) is 25.2 Å². The lowest BCUT2D eigenvalue weighted by molar-refractivity contribution is -0.138. The Balaban J connectivity index is 1.47. The van der Waals surface area contributed by atoms with Crippen LogP contribution in [0.1, 0.15) is 54.6 Å². The lowest BCUT2D eigenvalue weighted by Crippen LogP contribution is -2.41. The van der Waals surface area contributed by atoms with Crippen molar-refractivity contribution in [1.29, 1.82) is 0 Å². The van der Waals surface area contributed by atoms with Gasteiger partial charge in [-0.25, -0.2) is 0 Å². The third kappa shape index (κ3) is 8.53. The minimum Gasteiger partial charge on any atom is -0.497 e. The molecule has 9 heteroatoms. The minimum absolute atomic E-state index is 0.0473. The van der Waals surface area contributed by atoms with E-state index < -0.39 is 6.10 Å². The van der Waals surface area contributed by atoms with Gasteiger partial charge in [0.15, 0.2) is 0 Å². The summed E-state index contributed by atoms with van der Waals surface area (Å²) < 4.78 is 11.3. The number of carbonyl (C=O) groups excluding carboxylic acids is 3. The molecule has 0 N–H and O–H groups in total. The second-order valence-corrected chi connectivity index (χ2v) is 10.8. The van der Waals surface area contributed by atoms with Gasteiger partial charge >= 0.3 is 0 Å². The quantitative estimate of drug-likeness (QED) is 0.416. The van der Waals surface area contributed by atoms with E-state index in [2.05, 4.69) is 4.90 Å². The maximum atomic E-state index is 13.6. The minimum atomic E-state index is -0.499. The second-order valence-electron chi connectivity index (χ2n) is 10.8. The fourth-order valence-electron chi connectivity index (χ4n) is 5.51. The molecule has 2 aliphatic rings. The predicted octanol–water partition coefficient (Wildman–Crippen LogP) is 3.42. The van der Waals surface area contributed by atoms with Gasteiger partial charge in [0, 0.05) is 44.8 Å². The number of ether oxygens (including phenoxy) is 2. The Morgan fingerprint density at radius 3 is 2.15 bits per heavy atom. The number of hydrogen-bond acceptors (Lipinski definition) is 6. The van der Waals surface area contributed by atoms with Gasteiger partial charge in [0.05, 0.1) is 13.2 Å². The summed E-state index contributed by atoms with van der Waals surface area (Å²) in [6.07, 6.45) is 3.27. The van der Waals surface area contributed by atoms with E-state index in [1.54, 1.807) is 21.8 Å². The average Bonchev–Trinajstić information content (AvgIpc) is 3.15. The fraction of sp³-hybridized carbons (Fsp3) is 0.531. The first-order chi connectivity index (χ1) is 19.9. The molecule has 1 atom stereocenters. The zero-order valence-corrected chi connectivity index (χ0v) is 24.7. The van der Waals surface area contributed by atoms with Crippen LogP contribution >= 0.6 is 0 Å². The number of amides is 3. The largest absolute Gasteiger partial charge is 0.497 e. The Morgan fingerprint density at radius 2 is 1.51 bits per heavy atom. The highest BCUT2D eigenvalue weighted by molar-refractivity contribution is 5.96. The number of piperidine rings is 1. The summed E-state index contributed by atoms with van der Waals surface area (Å²) in [6, 6.07) is 15.3. The monoisotopic (exact) mass is 564 g/mol. The third-order valence-electron chi connectivity index (χ3n) is 7.96. The molecule has 2 fully saturated rings. The van der Waals surface area contributed by atoms with Crippen molar-refractivity contribution in [3.8, 4) is 5.75 Å². The molecule has 0 aromatic heterocycles. The van der Waals surface area contributed by atoms with Crippen molar-refractivity contribution in [1.82, 2.24) is 19.6 Å². The van der Waals surface area contributed by atoms with Gasteiger partial charge in [0.25, 0.3) is 5.91 Å². The zero-order chi connectivity index (χ0) is 29.2. The highest BCUT2D eigenvalue weighted by atomic mass is 16.5. The van der Waals surface area contributed by atoms with Crippen LogP contribution in [0, 0.1) is 0 Å². The third-order valence-corrected chi connectivity index (χ3v) is 7.96. The Hall–Kier alpha value is -3.43. The number of likely N-dealkylation sites (N-methyl/N-ethyl adjacent to an activating group) is 1. The molecule has 2 aromatic rings. The first kappa shape index (κ1) is 30.5. The molecule has 9 nitrogen and oxygen atoms in total. The zero-order valence-electron chi connectivity index (χ0n) is 24.7. The normalized spacial score (nSPS) is 18.2. The number of likely N-dealkylation sites (tertiary alicyclic amines) is 1. The van der Waals surface area contributed by atoms with E-state index in [0.717, 1.165) is 30.9 Å². The van der Waals surface area contributed by atoms with Crippen molar-refractivity contribution in [2.45, 2.75) is 52.3 Å². The molecule has 2 aliphatic heterocycles. The summed E-state index contributed by atoms with van der Waals surface area (Å²) in [5.41, 5.74) is 2.67. The Morgan fingerprint density at radius 1 is 0.878 bits per heavy atom. The first-order valence-electron chi connectivity index (χ1n) is 14.8. The van der Waals surface area contributed by atoms with Crippen LogP contribution in [0.15, 0.2) is 48.5 Å². The van der Waals surface area contributed by atoms with Crippen molar-refractivity contribution in [3.05, 3.63) is 65.2 Å². The predicted molar refractivity (Wildman–Crippen MR) is 158 cm³/mol. The van der Waals surface area contributed by atoms with E-state index in [4.69, 9.17) is 9.47 Å². The van der Waals surface area contributed by atoms with Crippen LogP contribution in [0.2, 0.25) is 0 Å². The van der Waals surface area contributed by atoms with Gasteiger partial charge in [-0.15, -0.1) is 0 Å². The summed E-state index contributed by atoms with van der Waals surface area (Å²) >= 11 is 0. The highest BCUT2D eigenvalue weighted by Gasteiger charge is 2.32. The van der Waals surface area contributed by atoms with Gasteiger partial charge < -0.3 is 24.2 Å². The van der Waals surface area contributed by atoms with Crippen LogP contribution in [0.25, 0.3) is 0 Å². The average molecular weight is 565 g/mol. The van der Waals surface area contributed by atoms with Crippen molar-refractivity contribution >= 4 is 17.7 Å². The molecule has 0 radical (unpaired) electrons. The number of methoxy groups -OCH3 is 1. The van der Waals surface area contributed by atoms with Crippen molar-refractivity contribution in [2.24, 2.45) is 0 Å². The van der Waals surface area contributed by atoms with E-state index in [1.165, 1.54) is 24.8 Å². The van der Waals surface area contributed by atoms with Crippen molar-refractivity contribution < 1.29 is 23.9 Å². The number of carbonyl (C=O) groups is 3. The molecule has 0 spiro atoms. The van der Waals surface area contributed by atoms with Crippen LogP contribution < -0.4 is 4.74 Å². The van der Waals surface area contributed by atoms with E-state index >= 15 is 0 Å². The number of hydrogen-bond donors (Lipinski definition) is 0. The van der Waals surface area contributed by atoms with Crippen LogP contribution in [-0.4, -0.2) is 103 Å². The molecule has 0 aliphatic carbocycles. The van der Waals surface area contributed by atoms with Gasteiger partial charge in [0.2, 0.25) is 11.8 Å². The molecule has 41 heavy (non-hydrogen) atoms. The highest BCUT2D eigenvalue weighted by Crippen LogP contribution is 2.19. The number of benzene rings is 2. The maximum absolute atomic E-state index is 13.6. The first-order valence-corrected chi connectivity index (χ1v) is 14.8. The van der Waals surface area contributed by atoms with Gasteiger partial charge in [0.1, 0.15) is 18.9 Å². The molecule has 2 aromatic carbocycles. The van der Waals surface area contributed by atoms with E-state index in [-0.39, 0.29) is 44.0 Å². The van der Waals surface area contributed by atoms with E-state index in [1.807, 2.05) is 62.4 Å². The molecule has 0 bridgehead atoms. The van der Waals surface area contributed by atoms with Crippen molar-refractivity contribution in [2.75, 3.05) is 59.5 Å². The SMILES string of the molecule is CCN(CC)C(=O)CO[C@@H]1CN(Cc2ccc(OC)cc2)C(=O)CN(C(=O)c2ccc(CN3CCCCC3)cc2)C1. The molecular formula is C32H44N4O5. The van der Waals surface area contributed by atoms with Gasteiger partial charge in [-0.3, -0.25) is 19.3 Å². The van der Waals surface area contributed by atoms with Crippen LogP contribution in [0.3, 0.4) is 0 Å². The standard InChI is InChI=1S/C32H44N4O5/c1-4-34(5-2)31(38)24-41-29-21-35(20-26-11-15-28(40-3)16-12-26)30(37)23-36(22-29)32(39)27-13-9-25(10-14-27)19-33-17-7-6-8-18-33/h9-16,29H,4-8,17-24H2,1-3H3/t29-/m1/s1. The van der Waals surface area contributed by atoms with Crippen molar-refractivity contribution in [3.63, 3.8) is 0 Å². The molecule has 222 valence electrons. The van der Waals surface area contributed by atoms with Gasteiger partial charge in [-0.1, -0.05) is 30.7 Å². The molecule has 2 heterocycles. The van der Waals surface area contributed by atoms with Gasteiger partial charge in [-0.2, -0.15) is 0 Å². The van der Waals surface area contributed by atoms with Crippen LogP contribution in [-0.2, 0) is 27.4 Å². The molecule has 0 unspecified atom stereocenters. The van der Waals surface area contributed by atoms with Crippen LogP contribution in [0.4, 0.5) is 0 Å².